The maximum absolute atomic E-state index is 10.0. The number of hydrogen-bond donors (Lipinski definition) is 3. The molecule has 0 amide bonds. The van der Waals surface area contributed by atoms with Crippen molar-refractivity contribution in [1.29, 1.82) is 5.26 Å². The molecule has 1 aromatic rings. The number of hydrogen-bond acceptors (Lipinski definition) is 7. The van der Waals surface area contributed by atoms with Crippen LogP contribution in [0.5, 0.6) is 0 Å². The summed E-state index contributed by atoms with van der Waals surface area (Å²) in [5.41, 5.74) is 4.96. The highest BCUT2D eigenvalue weighted by atomic mass is 32.1. The Bertz CT molecular complexity index is 411. The van der Waals surface area contributed by atoms with Crippen LogP contribution in [0.1, 0.15) is 18.9 Å². The second-order valence-electron chi connectivity index (χ2n) is 3.98. The van der Waals surface area contributed by atoms with Crippen molar-refractivity contribution in [2.24, 2.45) is 0 Å². The Balaban J connectivity index is 2.58. The van der Waals surface area contributed by atoms with E-state index in [1.54, 1.807) is 14.0 Å². The molecule has 1 heterocycles. The van der Waals surface area contributed by atoms with E-state index >= 15 is 0 Å². The fraction of sp³-hybridized carbons (Fsp3) is 0.600. The lowest BCUT2D eigenvalue weighted by molar-refractivity contribution is 0.0358. The van der Waals surface area contributed by atoms with Crippen molar-refractivity contribution >= 4 is 22.4 Å². The SMILES string of the molecule is COCCC(C)(O)CNc1snc(N)c1C#N. The van der Waals surface area contributed by atoms with E-state index in [-0.39, 0.29) is 5.82 Å². The van der Waals surface area contributed by atoms with E-state index in [2.05, 4.69) is 9.69 Å². The van der Waals surface area contributed by atoms with E-state index in [9.17, 15) is 5.11 Å². The average molecular weight is 256 g/mol. The molecule has 0 radical (unpaired) electrons. The summed E-state index contributed by atoms with van der Waals surface area (Å²) in [6.07, 6.45) is 0.507. The van der Waals surface area contributed by atoms with E-state index in [0.29, 0.717) is 30.1 Å². The third kappa shape index (κ3) is 3.85. The summed E-state index contributed by atoms with van der Waals surface area (Å²) >= 11 is 1.11. The number of rotatable bonds is 6. The van der Waals surface area contributed by atoms with Crippen molar-refractivity contribution in [2.75, 3.05) is 31.3 Å². The van der Waals surface area contributed by atoms with Crippen molar-refractivity contribution in [2.45, 2.75) is 18.9 Å². The van der Waals surface area contributed by atoms with Crippen molar-refractivity contribution < 1.29 is 9.84 Å². The van der Waals surface area contributed by atoms with E-state index in [4.69, 9.17) is 15.7 Å². The van der Waals surface area contributed by atoms with Gasteiger partial charge in [0, 0.05) is 26.7 Å². The number of ether oxygens (including phenoxy) is 1. The van der Waals surface area contributed by atoms with Gasteiger partial charge in [-0.2, -0.15) is 9.64 Å². The summed E-state index contributed by atoms with van der Waals surface area (Å²) < 4.78 is 8.79. The number of nitriles is 1. The Morgan fingerprint density at radius 3 is 3.00 bits per heavy atom. The predicted octanol–water partition coefficient (Wildman–Crippen LogP) is 0.796. The molecule has 1 rings (SSSR count). The van der Waals surface area contributed by atoms with Gasteiger partial charge in [0.2, 0.25) is 0 Å². The van der Waals surface area contributed by atoms with Crippen LogP contribution in [0.4, 0.5) is 10.8 Å². The van der Waals surface area contributed by atoms with E-state index in [0.717, 1.165) is 11.5 Å². The normalized spacial score (nSPS) is 14.0. The number of aromatic nitrogens is 1. The molecule has 0 aromatic carbocycles. The molecule has 4 N–H and O–H groups in total. The average Bonchev–Trinajstić information content (AvgIpc) is 2.65. The second kappa shape index (κ2) is 5.82. The minimum Gasteiger partial charge on any atom is -0.388 e. The summed E-state index contributed by atoms with van der Waals surface area (Å²) in [5, 5.41) is 22.4. The first kappa shape index (κ1) is 13.7. The molecule has 0 saturated heterocycles. The zero-order valence-corrected chi connectivity index (χ0v) is 10.7. The van der Waals surface area contributed by atoms with Gasteiger partial charge in [-0.3, -0.25) is 0 Å². The maximum Gasteiger partial charge on any atom is 0.157 e. The fourth-order valence-electron chi connectivity index (χ4n) is 1.21. The number of nitrogens with zero attached hydrogens (tertiary/aromatic N) is 2. The highest BCUT2D eigenvalue weighted by Crippen LogP contribution is 2.26. The Morgan fingerprint density at radius 1 is 1.71 bits per heavy atom. The van der Waals surface area contributed by atoms with Gasteiger partial charge in [-0.15, -0.1) is 0 Å². The van der Waals surface area contributed by atoms with Gasteiger partial charge in [0.05, 0.1) is 5.60 Å². The lowest BCUT2D eigenvalue weighted by Crippen LogP contribution is -2.34. The van der Waals surface area contributed by atoms with Crippen LogP contribution in [0.25, 0.3) is 0 Å². The van der Waals surface area contributed by atoms with Crippen LogP contribution in [-0.2, 0) is 4.74 Å². The van der Waals surface area contributed by atoms with Crippen LogP contribution in [0.3, 0.4) is 0 Å². The smallest absolute Gasteiger partial charge is 0.157 e. The van der Waals surface area contributed by atoms with Crippen LogP contribution < -0.4 is 11.1 Å². The minimum absolute atomic E-state index is 0.219. The molecule has 1 atom stereocenters. The van der Waals surface area contributed by atoms with Gasteiger partial charge in [0.1, 0.15) is 16.6 Å². The molecule has 1 unspecified atom stereocenters. The zero-order valence-electron chi connectivity index (χ0n) is 9.86. The second-order valence-corrected chi connectivity index (χ2v) is 4.75. The van der Waals surface area contributed by atoms with E-state index < -0.39 is 5.60 Å². The standard InChI is InChI=1S/C10H16N4O2S/c1-10(15,3-4-16-2)6-13-9-7(5-11)8(12)14-17-9/h13,15H,3-4,6H2,1-2H3,(H2,12,14). The van der Waals surface area contributed by atoms with Crippen molar-refractivity contribution in [3.05, 3.63) is 5.56 Å². The van der Waals surface area contributed by atoms with E-state index in [1.807, 2.05) is 6.07 Å². The molecular formula is C10H16N4O2S. The minimum atomic E-state index is -0.901. The maximum atomic E-state index is 10.0. The number of aliphatic hydroxyl groups is 1. The highest BCUT2D eigenvalue weighted by molar-refractivity contribution is 7.10. The first-order valence-corrected chi connectivity index (χ1v) is 5.88. The van der Waals surface area contributed by atoms with Gasteiger partial charge >= 0.3 is 0 Å². The van der Waals surface area contributed by atoms with Gasteiger partial charge in [0.25, 0.3) is 0 Å². The number of anilines is 2. The van der Waals surface area contributed by atoms with E-state index in [1.165, 1.54) is 0 Å². The molecule has 0 aliphatic heterocycles. The lowest BCUT2D eigenvalue weighted by Gasteiger charge is -2.23. The van der Waals surface area contributed by atoms with Gasteiger partial charge < -0.3 is 20.9 Å². The molecule has 7 heteroatoms. The molecule has 94 valence electrons. The third-order valence-corrected chi connectivity index (χ3v) is 3.12. The van der Waals surface area contributed by atoms with Crippen LogP contribution in [0, 0.1) is 11.3 Å². The monoisotopic (exact) mass is 256 g/mol. The van der Waals surface area contributed by atoms with Crippen molar-refractivity contribution in [3.63, 3.8) is 0 Å². The molecule has 0 bridgehead atoms. The molecular weight excluding hydrogens is 240 g/mol. The van der Waals surface area contributed by atoms with Crippen LogP contribution in [-0.4, -0.2) is 35.3 Å². The number of nitrogens with two attached hydrogens (primary N) is 1. The Hall–Kier alpha value is -1.36. The number of methoxy groups -OCH3 is 1. The molecule has 0 fully saturated rings. The number of nitrogens with one attached hydrogen (secondary N) is 1. The molecule has 0 saturated carbocycles. The van der Waals surface area contributed by atoms with Crippen LogP contribution in [0.15, 0.2) is 0 Å². The topological polar surface area (TPSA) is 104 Å². The van der Waals surface area contributed by atoms with Crippen molar-refractivity contribution in [1.82, 2.24) is 4.37 Å². The number of nitrogen functional groups attached to an aromatic ring is 1. The summed E-state index contributed by atoms with van der Waals surface area (Å²) in [5.74, 6) is 0.219. The summed E-state index contributed by atoms with van der Waals surface area (Å²) in [7, 11) is 1.58. The first-order chi connectivity index (χ1) is 8.00. The van der Waals surface area contributed by atoms with Gasteiger partial charge in [-0.05, 0) is 18.5 Å². The molecule has 6 nitrogen and oxygen atoms in total. The van der Waals surface area contributed by atoms with Crippen LogP contribution >= 0.6 is 11.5 Å². The Morgan fingerprint density at radius 2 is 2.41 bits per heavy atom. The fourth-order valence-corrected chi connectivity index (χ4v) is 1.87. The van der Waals surface area contributed by atoms with Gasteiger partial charge in [-0.1, -0.05) is 0 Å². The summed E-state index contributed by atoms with van der Waals surface area (Å²) in [6, 6.07) is 1.98. The largest absolute Gasteiger partial charge is 0.388 e. The van der Waals surface area contributed by atoms with Crippen LogP contribution in [0.2, 0.25) is 0 Å². The zero-order chi connectivity index (χ0) is 12.9. The quantitative estimate of drug-likeness (QED) is 0.695. The van der Waals surface area contributed by atoms with Gasteiger partial charge in [0.15, 0.2) is 5.82 Å². The Labute approximate surface area is 104 Å². The Kier molecular flexibility index (Phi) is 4.69. The third-order valence-electron chi connectivity index (χ3n) is 2.30. The molecule has 0 aliphatic rings. The molecule has 1 aromatic heterocycles. The summed E-state index contributed by atoms with van der Waals surface area (Å²) in [6.45, 7) is 2.49. The predicted molar refractivity (Wildman–Crippen MR) is 66.8 cm³/mol. The lowest BCUT2D eigenvalue weighted by atomic mass is 10.0. The van der Waals surface area contributed by atoms with Crippen molar-refractivity contribution in [3.8, 4) is 6.07 Å². The van der Waals surface area contributed by atoms with Gasteiger partial charge in [-0.25, -0.2) is 0 Å². The summed E-state index contributed by atoms with van der Waals surface area (Å²) in [4.78, 5) is 0. The molecule has 0 spiro atoms. The first-order valence-electron chi connectivity index (χ1n) is 5.10. The molecule has 17 heavy (non-hydrogen) atoms. The highest BCUT2D eigenvalue weighted by Gasteiger charge is 2.21. The molecule has 0 aliphatic carbocycles.